The van der Waals surface area contributed by atoms with Crippen LogP contribution in [0.4, 0.5) is 0 Å². The molecule has 2 N–H and O–H groups in total. The van der Waals surface area contributed by atoms with Crippen LogP contribution in [-0.4, -0.2) is 47.7 Å². The van der Waals surface area contributed by atoms with E-state index in [9.17, 15) is 9.90 Å². The Morgan fingerprint density at radius 2 is 2.31 bits per heavy atom. The van der Waals surface area contributed by atoms with Crippen LogP contribution in [0.15, 0.2) is 0 Å². The molecule has 1 aliphatic rings. The molecule has 0 aromatic heterocycles. The average Bonchev–Trinajstić information content (AvgIpc) is 2.02. The van der Waals surface area contributed by atoms with Gasteiger partial charge in [-0.1, -0.05) is 0 Å². The Morgan fingerprint density at radius 1 is 1.62 bits per heavy atom. The summed E-state index contributed by atoms with van der Waals surface area (Å²) >= 11 is 0. The normalized spacial score (nSPS) is 34.2. The molecule has 5 nitrogen and oxygen atoms in total. The van der Waals surface area contributed by atoms with Crippen molar-refractivity contribution in [3.8, 4) is 0 Å². The summed E-state index contributed by atoms with van der Waals surface area (Å²) in [5, 5.41) is 18.5. The molecule has 1 rings (SSSR count). The molecule has 13 heavy (non-hydrogen) atoms. The summed E-state index contributed by atoms with van der Waals surface area (Å²) in [5.74, 6) is -0.401. The molecule has 0 aromatic carbocycles. The number of rotatable bonds is 2. The SMILES string of the molecule is CC(=O)OC[C@H]1OC[C@H](O)CC1O. The maximum absolute atomic E-state index is 10.4. The molecule has 1 fully saturated rings. The van der Waals surface area contributed by atoms with E-state index in [0.717, 1.165) is 0 Å². The van der Waals surface area contributed by atoms with Crippen LogP contribution in [0.5, 0.6) is 0 Å². The number of ether oxygens (including phenoxy) is 2. The maximum atomic E-state index is 10.4. The zero-order valence-corrected chi connectivity index (χ0v) is 7.47. The number of aliphatic hydroxyl groups is 2. The van der Waals surface area contributed by atoms with Crippen molar-refractivity contribution in [1.82, 2.24) is 0 Å². The molecule has 0 aliphatic carbocycles. The van der Waals surface area contributed by atoms with Crippen LogP contribution in [0, 0.1) is 0 Å². The van der Waals surface area contributed by atoms with E-state index in [1.165, 1.54) is 6.92 Å². The first kappa shape index (κ1) is 10.4. The van der Waals surface area contributed by atoms with Crippen molar-refractivity contribution >= 4 is 5.97 Å². The molecular formula is C8H14O5. The van der Waals surface area contributed by atoms with E-state index in [2.05, 4.69) is 4.74 Å². The molecule has 5 heteroatoms. The van der Waals surface area contributed by atoms with Crippen molar-refractivity contribution < 1.29 is 24.5 Å². The van der Waals surface area contributed by atoms with E-state index < -0.39 is 24.3 Å². The lowest BCUT2D eigenvalue weighted by Crippen LogP contribution is -2.43. The predicted octanol–water partition coefficient (Wildman–Crippen LogP) is -0.940. The van der Waals surface area contributed by atoms with Crippen molar-refractivity contribution in [3.63, 3.8) is 0 Å². The summed E-state index contributed by atoms with van der Waals surface area (Å²) in [6.07, 6.45) is -1.62. The fourth-order valence-corrected chi connectivity index (χ4v) is 1.20. The van der Waals surface area contributed by atoms with Crippen LogP contribution in [0.2, 0.25) is 0 Å². The van der Waals surface area contributed by atoms with Crippen molar-refractivity contribution in [2.75, 3.05) is 13.2 Å². The third kappa shape index (κ3) is 3.30. The maximum Gasteiger partial charge on any atom is 0.302 e. The third-order valence-electron chi connectivity index (χ3n) is 1.90. The van der Waals surface area contributed by atoms with Crippen molar-refractivity contribution in [2.24, 2.45) is 0 Å². The Balaban J connectivity index is 2.29. The predicted molar refractivity (Wildman–Crippen MR) is 43.0 cm³/mol. The van der Waals surface area contributed by atoms with Gasteiger partial charge in [0.15, 0.2) is 0 Å². The molecule has 0 bridgehead atoms. The second kappa shape index (κ2) is 4.55. The quantitative estimate of drug-likeness (QED) is 0.550. The standard InChI is InChI=1S/C8H14O5/c1-5(9)12-4-8-7(11)2-6(10)3-13-8/h6-8,10-11H,2-4H2,1H3/t6-,7?,8-/m1/s1. The average molecular weight is 190 g/mol. The van der Waals surface area contributed by atoms with Crippen LogP contribution in [0.3, 0.4) is 0 Å². The van der Waals surface area contributed by atoms with Crippen LogP contribution in [-0.2, 0) is 14.3 Å². The van der Waals surface area contributed by atoms with Gasteiger partial charge >= 0.3 is 5.97 Å². The number of carbonyl (C=O) groups excluding carboxylic acids is 1. The molecule has 1 saturated heterocycles. The molecule has 0 aromatic rings. The number of carbonyl (C=O) groups is 1. The second-order valence-electron chi connectivity index (χ2n) is 3.13. The second-order valence-corrected chi connectivity index (χ2v) is 3.13. The monoisotopic (exact) mass is 190 g/mol. The Kier molecular flexibility index (Phi) is 3.65. The molecule has 0 saturated carbocycles. The van der Waals surface area contributed by atoms with Gasteiger partial charge in [-0.05, 0) is 0 Å². The Labute approximate surface area is 76.3 Å². The van der Waals surface area contributed by atoms with Crippen LogP contribution >= 0.6 is 0 Å². The molecule has 1 aliphatic heterocycles. The lowest BCUT2D eigenvalue weighted by Gasteiger charge is -2.30. The highest BCUT2D eigenvalue weighted by Crippen LogP contribution is 2.14. The van der Waals surface area contributed by atoms with Gasteiger partial charge in [0.2, 0.25) is 0 Å². The zero-order valence-electron chi connectivity index (χ0n) is 7.47. The largest absolute Gasteiger partial charge is 0.463 e. The lowest BCUT2D eigenvalue weighted by molar-refractivity contribution is -0.162. The Hall–Kier alpha value is -0.650. The molecule has 1 heterocycles. The van der Waals surface area contributed by atoms with Gasteiger partial charge in [0, 0.05) is 13.3 Å². The third-order valence-corrected chi connectivity index (χ3v) is 1.90. The van der Waals surface area contributed by atoms with Gasteiger partial charge in [-0.2, -0.15) is 0 Å². The first-order valence-corrected chi connectivity index (χ1v) is 4.20. The van der Waals surface area contributed by atoms with E-state index in [1.807, 2.05) is 0 Å². The highest BCUT2D eigenvalue weighted by molar-refractivity contribution is 5.65. The summed E-state index contributed by atoms with van der Waals surface area (Å²) in [6, 6.07) is 0. The van der Waals surface area contributed by atoms with Gasteiger partial charge in [-0.15, -0.1) is 0 Å². The minimum atomic E-state index is -0.761. The first-order valence-electron chi connectivity index (χ1n) is 4.20. The van der Waals surface area contributed by atoms with E-state index in [0.29, 0.717) is 0 Å². The van der Waals surface area contributed by atoms with Gasteiger partial charge < -0.3 is 19.7 Å². The molecule has 0 radical (unpaired) electrons. The van der Waals surface area contributed by atoms with Gasteiger partial charge in [-0.3, -0.25) is 4.79 Å². The van der Waals surface area contributed by atoms with Crippen LogP contribution in [0.25, 0.3) is 0 Å². The molecule has 0 amide bonds. The number of aliphatic hydroxyl groups excluding tert-OH is 2. The topological polar surface area (TPSA) is 76.0 Å². The first-order chi connectivity index (χ1) is 6.09. The summed E-state index contributed by atoms with van der Waals surface area (Å²) in [7, 11) is 0. The Bertz CT molecular complexity index is 181. The van der Waals surface area contributed by atoms with E-state index in [4.69, 9.17) is 9.84 Å². The van der Waals surface area contributed by atoms with Crippen LogP contribution in [0.1, 0.15) is 13.3 Å². The zero-order chi connectivity index (χ0) is 9.84. The summed E-state index contributed by atoms with van der Waals surface area (Å²) in [6.45, 7) is 1.52. The number of esters is 1. The molecule has 1 unspecified atom stereocenters. The fourth-order valence-electron chi connectivity index (χ4n) is 1.20. The van der Waals surface area contributed by atoms with Gasteiger partial charge in [0.05, 0.1) is 18.8 Å². The highest BCUT2D eigenvalue weighted by atomic mass is 16.6. The summed E-state index contributed by atoms with van der Waals surface area (Å²) < 4.78 is 9.76. The number of hydrogen-bond donors (Lipinski definition) is 2. The van der Waals surface area contributed by atoms with Crippen molar-refractivity contribution in [2.45, 2.75) is 31.7 Å². The highest BCUT2D eigenvalue weighted by Gasteiger charge is 2.29. The van der Waals surface area contributed by atoms with E-state index in [1.54, 1.807) is 0 Å². The van der Waals surface area contributed by atoms with Crippen molar-refractivity contribution in [1.29, 1.82) is 0 Å². The van der Waals surface area contributed by atoms with Crippen LogP contribution < -0.4 is 0 Å². The van der Waals surface area contributed by atoms with Gasteiger partial charge in [0.25, 0.3) is 0 Å². The Morgan fingerprint density at radius 3 is 2.85 bits per heavy atom. The molecule has 3 atom stereocenters. The van der Waals surface area contributed by atoms with Gasteiger partial charge in [0.1, 0.15) is 12.7 Å². The summed E-state index contributed by atoms with van der Waals surface area (Å²) in [4.78, 5) is 10.4. The molecular weight excluding hydrogens is 176 g/mol. The lowest BCUT2D eigenvalue weighted by atomic mass is 10.0. The molecule has 76 valence electrons. The minimum absolute atomic E-state index is 0.0449. The van der Waals surface area contributed by atoms with Gasteiger partial charge in [-0.25, -0.2) is 0 Å². The van der Waals surface area contributed by atoms with E-state index >= 15 is 0 Å². The van der Waals surface area contributed by atoms with Crippen molar-refractivity contribution in [3.05, 3.63) is 0 Å². The molecule has 0 spiro atoms. The summed E-state index contributed by atoms with van der Waals surface area (Å²) in [5.41, 5.74) is 0. The smallest absolute Gasteiger partial charge is 0.302 e. The fraction of sp³-hybridized carbons (Fsp3) is 0.875. The van der Waals surface area contributed by atoms with E-state index in [-0.39, 0.29) is 19.6 Å². The number of hydrogen-bond acceptors (Lipinski definition) is 5. The minimum Gasteiger partial charge on any atom is -0.463 e.